The molecule has 26 heavy (non-hydrogen) atoms. The number of carbonyl (C=O) groups excluding carboxylic acids is 1. The molecule has 0 fully saturated rings. The third-order valence-corrected chi connectivity index (χ3v) is 3.94. The van der Waals surface area contributed by atoms with Gasteiger partial charge in [0.1, 0.15) is 23.6 Å². The molecule has 132 valence electrons. The summed E-state index contributed by atoms with van der Waals surface area (Å²) in [5.74, 6) is 1.03. The number of aromatic nitrogens is 2. The first kappa shape index (κ1) is 17.4. The average Bonchev–Trinajstić information content (AvgIpc) is 2.67. The minimum atomic E-state index is -0.246. The van der Waals surface area contributed by atoms with Crippen molar-refractivity contribution in [2.75, 3.05) is 12.4 Å². The zero-order valence-electron chi connectivity index (χ0n) is 14.7. The van der Waals surface area contributed by atoms with E-state index >= 15 is 0 Å². The highest BCUT2D eigenvalue weighted by molar-refractivity contribution is 5.92. The van der Waals surface area contributed by atoms with Gasteiger partial charge < -0.3 is 15.4 Å². The van der Waals surface area contributed by atoms with E-state index in [9.17, 15) is 4.79 Å². The highest BCUT2D eigenvalue weighted by Crippen LogP contribution is 2.20. The first-order valence-corrected chi connectivity index (χ1v) is 8.21. The number of rotatable bonds is 6. The molecule has 0 aliphatic rings. The average molecular weight is 348 g/mol. The summed E-state index contributed by atoms with van der Waals surface area (Å²) >= 11 is 0. The molecule has 0 saturated carbocycles. The first-order chi connectivity index (χ1) is 12.7. The first-order valence-electron chi connectivity index (χ1n) is 8.21. The van der Waals surface area contributed by atoms with Gasteiger partial charge in [0.2, 0.25) is 0 Å². The number of benzene rings is 2. The molecule has 3 aromatic rings. The normalized spacial score (nSPS) is 10.2. The van der Waals surface area contributed by atoms with Crippen LogP contribution >= 0.6 is 0 Å². The SMILES string of the molecule is COc1cccc(Nc2cc(C(=O)NCc3ccccc3C)ncn2)c1. The van der Waals surface area contributed by atoms with Gasteiger partial charge in [-0.2, -0.15) is 0 Å². The molecular formula is C20H20N4O2. The lowest BCUT2D eigenvalue weighted by Crippen LogP contribution is -2.24. The van der Waals surface area contributed by atoms with Crippen molar-refractivity contribution in [1.82, 2.24) is 15.3 Å². The quantitative estimate of drug-likeness (QED) is 0.713. The summed E-state index contributed by atoms with van der Waals surface area (Å²) in [4.78, 5) is 20.6. The minimum Gasteiger partial charge on any atom is -0.497 e. The fraction of sp³-hybridized carbons (Fsp3) is 0.150. The molecule has 0 spiro atoms. The summed E-state index contributed by atoms with van der Waals surface area (Å²) in [5.41, 5.74) is 3.33. The number of anilines is 2. The van der Waals surface area contributed by atoms with Crippen LogP contribution in [0.2, 0.25) is 0 Å². The second-order valence-corrected chi connectivity index (χ2v) is 5.75. The van der Waals surface area contributed by atoms with Crippen LogP contribution in [0.4, 0.5) is 11.5 Å². The monoisotopic (exact) mass is 348 g/mol. The van der Waals surface area contributed by atoms with Crippen molar-refractivity contribution in [2.45, 2.75) is 13.5 Å². The Hall–Kier alpha value is -3.41. The second kappa shape index (κ2) is 8.11. The van der Waals surface area contributed by atoms with Crippen molar-refractivity contribution in [1.29, 1.82) is 0 Å². The zero-order valence-corrected chi connectivity index (χ0v) is 14.7. The molecule has 0 radical (unpaired) electrons. The number of hydrogen-bond acceptors (Lipinski definition) is 5. The lowest BCUT2D eigenvalue weighted by atomic mass is 10.1. The maximum atomic E-state index is 12.4. The minimum absolute atomic E-state index is 0.246. The number of carbonyl (C=O) groups is 1. The molecule has 2 aromatic carbocycles. The maximum absolute atomic E-state index is 12.4. The highest BCUT2D eigenvalue weighted by atomic mass is 16.5. The number of hydrogen-bond donors (Lipinski definition) is 2. The van der Waals surface area contributed by atoms with Gasteiger partial charge in [-0.15, -0.1) is 0 Å². The van der Waals surface area contributed by atoms with Gasteiger partial charge in [-0.25, -0.2) is 9.97 Å². The zero-order chi connectivity index (χ0) is 18.4. The number of ether oxygens (including phenoxy) is 1. The van der Waals surface area contributed by atoms with Crippen LogP contribution in [0.15, 0.2) is 60.9 Å². The number of nitrogens with zero attached hydrogens (tertiary/aromatic N) is 2. The van der Waals surface area contributed by atoms with Crippen LogP contribution in [0, 0.1) is 6.92 Å². The molecular weight excluding hydrogens is 328 g/mol. The standard InChI is InChI=1S/C20H20N4O2/c1-14-6-3-4-7-15(14)12-21-20(25)18-11-19(23-13-22-18)24-16-8-5-9-17(10-16)26-2/h3-11,13H,12H2,1-2H3,(H,21,25)(H,22,23,24). The number of methoxy groups -OCH3 is 1. The topological polar surface area (TPSA) is 76.1 Å². The van der Waals surface area contributed by atoms with E-state index in [0.29, 0.717) is 18.1 Å². The Balaban J connectivity index is 1.68. The van der Waals surface area contributed by atoms with Crippen molar-refractivity contribution in [2.24, 2.45) is 0 Å². The summed E-state index contributed by atoms with van der Waals surface area (Å²) in [7, 11) is 1.61. The Morgan fingerprint density at radius 1 is 1.08 bits per heavy atom. The fourth-order valence-corrected chi connectivity index (χ4v) is 2.47. The predicted molar refractivity (Wildman–Crippen MR) is 101 cm³/mol. The van der Waals surface area contributed by atoms with Crippen molar-refractivity contribution in [3.8, 4) is 5.75 Å². The molecule has 2 N–H and O–H groups in total. The Labute approximate surface area is 152 Å². The van der Waals surface area contributed by atoms with Gasteiger partial charge in [0, 0.05) is 24.4 Å². The van der Waals surface area contributed by atoms with E-state index in [4.69, 9.17) is 4.74 Å². The van der Waals surface area contributed by atoms with E-state index in [1.54, 1.807) is 13.2 Å². The van der Waals surface area contributed by atoms with Crippen LogP contribution < -0.4 is 15.4 Å². The molecule has 6 heteroatoms. The molecule has 6 nitrogen and oxygen atoms in total. The molecule has 0 bridgehead atoms. The largest absolute Gasteiger partial charge is 0.497 e. The van der Waals surface area contributed by atoms with Crippen LogP contribution in [-0.2, 0) is 6.54 Å². The van der Waals surface area contributed by atoms with Crippen LogP contribution in [0.3, 0.4) is 0 Å². The molecule has 3 rings (SSSR count). The molecule has 0 aliphatic carbocycles. The number of nitrogens with one attached hydrogen (secondary N) is 2. The molecule has 1 heterocycles. The maximum Gasteiger partial charge on any atom is 0.270 e. The van der Waals surface area contributed by atoms with Crippen molar-refractivity contribution in [3.63, 3.8) is 0 Å². The Morgan fingerprint density at radius 2 is 1.92 bits per heavy atom. The number of aryl methyl sites for hydroxylation is 1. The van der Waals surface area contributed by atoms with Crippen molar-refractivity contribution in [3.05, 3.63) is 77.7 Å². The van der Waals surface area contributed by atoms with E-state index < -0.39 is 0 Å². The summed E-state index contributed by atoms with van der Waals surface area (Å²) in [5, 5.41) is 6.03. The van der Waals surface area contributed by atoms with Gasteiger partial charge in [-0.3, -0.25) is 4.79 Å². The van der Waals surface area contributed by atoms with E-state index in [2.05, 4.69) is 20.6 Å². The molecule has 0 saturated heterocycles. The van der Waals surface area contributed by atoms with Crippen LogP contribution in [0.1, 0.15) is 21.6 Å². The molecule has 0 aliphatic heterocycles. The van der Waals surface area contributed by atoms with Crippen LogP contribution in [0.5, 0.6) is 5.75 Å². The van der Waals surface area contributed by atoms with Crippen LogP contribution in [-0.4, -0.2) is 23.0 Å². The molecule has 1 amide bonds. The summed E-state index contributed by atoms with van der Waals surface area (Å²) < 4.78 is 5.20. The predicted octanol–water partition coefficient (Wildman–Crippen LogP) is 3.47. The third kappa shape index (κ3) is 4.36. The van der Waals surface area contributed by atoms with Crippen LogP contribution in [0.25, 0.3) is 0 Å². The van der Waals surface area contributed by atoms with E-state index in [0.717, 1.165) is 22.6 Å². The summed E-state index contributed by atoms with van der Waals surface area (Å²) in [6.45, 7) is 2.47. The van der Waals surface area contributed by atoms with Gasteiger partial charge >= 0.3 is 0 Å². The Morgan fingerprint density at radius 3 is 2.73 bits per heavy atom. The smallest absolute Gasteiger partial charge is 0.270 e. The van der Waals surface area contributed by atoms with Crippen molar-refractivity contribution >= 4 is 17.4 Å². The summed E-state index contributed by atoms with van der Waals surface area (Å²) in [6.07, 6.45) is 1.37. The highest BCUT2D eigenvalue weighted by Gasteiger charge is 2.09. The Bertz CT molecular complexity index is 912. The number of amides is 1. The van der Waals surface area contributed by atoms with Crippen molar-refractivity contribution < 1.29 is 9.53 Å². The molecule has 0 atom stereocenters. The van der Waals surface area contributed by atoms with E-state index in [-0.39, 0.29) is 5.91 Å². The van der Waals surface area contributed by atoms with Gasteiger partial charge in [0.05, 0.1) is 7.11 Å². The molecule has 0 unspecified atom stereocenters. The van der Waals surface area contributed by atoms with Gasteiger partial charge in [0.15, 0.2) is 0 Å². The lowest BCUT2D eigenvalue weighted by molar-refractivity contribution is 0.0945. The summed E-state index contributed by atoms with van der Waals surface area (Å²) in [6, 6.07) is 17.0. The lowest BCUT2D eigenvalue weighted by Gasteiger charge is -2.09. The van der Waals surface area contributed by atoms with E-state index in [1.807, 2.05) is 55.5 Å². The molecule has 1 aromatic heterocycles. The fourth-order valence-electron chi connectivity index (χ4n) is 2.47. The second-order valence-electron chi connectivity index (χ2n) is 5.75. The van der Waals surface area contributed by atoms with E-state index in [1.165, 1.54) is 6.33 Å². The van der Waals surface area contributed by atoms with Gasteiger partial charge in [0.25, 0.3) is 5.91 Å². The van der Waals surface area contributed by atoms with Gasteiger partial charge in [-0.1, -0.05) is 30.3 Å². The Kier molecular flexibility index (Phi) is 5.43. The van der Waals surface area contributed by atoms with Gasteiger partial charge in [-0.05, 0) is 30.2 Å². The third-order valence-electron chi connectivity index (χ3n) is 3.94.